The summed E-state index contributed by atoms with van der Waals surface area (Å²) < 4.78 is 15.5. The number of hydrogen-bond acceptors (Lipinski definition) is 5. The van der Waals surface area contributed by atoms with Gasteiger partial charge in [0.15, 0.2) is 11.5 Å². The predicted molar refractivity (Wildman–Crippen MR) is 77.7 cm³/mol. The summed E-state index contributed by atoms with van der Waals surface area (Å²) in [6.07, 6.45) is 1.15. The second-order valence-corrected chi connectivity index (χ2v) is 5.18. The number of carboxylic acid groups (broad SMARTS) is 1. The Kier molecular flexibility index (Phi) is 4.44. The Morgan fingerprint density at radius 2 is 1.64 bits per heavy atom. The summed E-state index contributed by atoms with van der Waals surface area (Å²) in [5.41, 5.74) is -0.555. The minimum absolute atomic E-state index is 0.0959. The van der Waals surface area contributed by atoms with Gasteiger partial charge in [0.1, 0.15) is 5.75 Å². The molecular weight excluding hydrogens is 290 g/mol. The fraction of sp³-hybridized carbons (Fsp3) is 0.467. The first kappa shape index (κ1) is 15.9. The van der Waals surface area contributed by atoms with Crippen molar-refractivity contribution in [3.8, 4) is 17.2 Å². The van der Waals surface area contributed by atoms with Gasteiger partial charge in [-0.15, -0.1) is 0 Å². The maximum Gasteiger partial charge on any atom is 0.311 e. The number of carbonyl (C=O) groups excluding carboxylic acids is 1. The summed E-state index contributed by atoms with van der Waals surface area (Å²) in [6, 6.07) is 3.06. The van der Waals surface area contributed by atoms with E-state index in [0.29, 0.717) is 30.1 Å². The first-order chi connectivity index (χ1) is 10.5. The standard InChI is InChI=1S/C15H19NO6/c1-20-10-7-12(22-3)11(21-2)6-9(10)13(17)16-8-15(4-5-15)14(18)19/h6-7H,4-5,8H2,1-3H3,(H,16,17)(H,18,19). The van der Waals surface area contributed by atoms with Crippen molar-refractivity contribution in [2.75, 3.05) is 27.9 Å². The Morgan fingerprint density at radius 3 is 2.09 bits per heavy atom. The maximum absolute atomic E-state index is 12.3. The first-order valence-electron chi connectivity index (χ1n) is 6.79. The number of amides is 1. The zero-order valence-corrected chi connectivity index (χ0v) is 12.8. The van der Waals surface area contributed by atoms with Crippen molar-refractivity contribution in [3.63, 3.8) is 0 Å². The number of benzene rings is 1. The van der Waals surface area contributed by atoms with E-state index in [1.165, 1.54) is 27.4 Å². The summed E-state index contributed by atoms with van der Waals surface area (Å²) >= 11 is 0. The fourth-order valence-electron chi connectivity index (χ4n) is 2.17. The molecule has 22 heavy (non-hydrogen) atoms. The molecule has 0 spiro atoms. The van der Waals surface area contributed by atoms with Crippen LogP contribution in [-0.4, -0.2) is 44.9 Å². The molecule has 1 aromatic carbocycles. The largest absolute Gasteiger partial charge is 0.496 e. The number of aliphatic carboxylic acids is 1. The molecule has 0 radical (unpaired) electrons. The van der Waals surface area contributed by atoms with Gasteiger partial charge in [-0.05, 0) is 12.8 Å². The Balaban J connectivity index is 2.19. The molecule has 1 aliphatic carbocycles. The summed E-state index contributed by atoms with van der Waals surface area (Å²) in [6.45, 7) is 0.0959. The van der Waals surface area contributed by atoms with Crippen LogP contribution < -0.4 is 19.5 Å². The molecule has 0 heterocycles. The Morgan fingerprint density at radius 1 is 1.09 bits per heavy atom. The second-order valence-electron chi connectivity index (χ2n) is 5.18. The molecule has 1 saturated carbocycles. The van der Waals surface area contributed by atoms with Gasteiger partial charge in [-0.2, -0.15) is 0 Å². The topological polar surface area (TPSA) is 94.1 Å². The number of methoxy groups -OCH3 is 3. The molecule has 1 aromatic rings. The van der Waals surface area contributed by atoms with Crippen LogP contribution in [0.5, 0.6) is 17.2 Å². The molecule has 2 N–H and O–H groups in total. The van der Waals surface area contributed by atoms with E-state index in [1.54, 1.807) is 6.07 Å². The van der Waals surface area contributed by atoms with E-state index in [0.717, 1.165) is 0 Å². The van der Waals surface area contributed by atoms with E-state index < -0.39 is 17.3 Å². The number of nitrogens with one attached hydrogen (secondary N) is 1. The number of rotatable bonds is 7. The van der Waals surface area contributed by atoms with Crippen LogP contribution in [0.25, 0.3) is 0 Å². The third-order valence-electron chi connectivity index (χ3n) is 3.84. The summed E-state index contributed by atoms with van der Waals surface area (Å²) in [4.78, 5) is 23.4. The van der Waals surface area contributed by atoms with Crippen molar-refractivity contribution in [1.29, 1.82) is 0 Å². The lowest BCUT2D eigenvalue weighted by molar-refractivity contribution is -0.143. The Hall–Kier alpha value is -2.44. The van der Waals surface area contributed by atoms with Crippen molar-refractivity contribution in [1.82, 2.24) is 5.32 Å². The first-order valence-corrected chi connectivity index (χ1v) is 6.79. The molecule has 0 aromatic heterocycles. The molecule has 0 unspecified atom stereocenters. The lowest BCUT2D eigenvalue weighted by atomic mass is 10.1. The molecule has 1 fully saturated rings. The molecular formula is C15H19NO6. The molecule has 1 aliphatic rings. The minimum atomic E-state index is -0.882. The van der Waals surface area contributed by atoms with Crippen molar-refractivity contribution in [2.45, 2.75) is 12.8 Å². The van der Waals surface area contributed by atoms with E-state index in [-0.39, 0.29) is 12.1 Å². The Bertz CT molecular complexity index is 594. The van der Waals surface area contributed by atoms with E-state index in [2.05, 4.69) is 5.32 Å². The zero-order valence-electron chi connectivity index (χ0n) is 12.8. The molecule has 7 nitrogen and oxygen atoms in total. The van der Waals surface area contributed by atoms with Gasteiger partial charge in [-0.3, -0.25) is 9.59 Å². The van der Waals surface area contributed by atoms with Crippen LogP contribution in [0.2, 0.25) is 0 Å². The minimum Gasteiger partial charge on any atom is -0.496 e. The summed E-state index contributed by atoms with van der Waals surface area (Å²) in [5.74, 6) is -0.124. The monoisotopic (exact) mass is 309 g/mol. The summed E-state index contributed by atoms with van der Waals surface area (Å²) in [7, 11) is 4.40. The molecule has 120 valence electrons. The number of hydrogen-bond donors (Lipinski definition) is 2. The number of ether oxygens (including phenoxy) is 3. The van der Waals surface area contributed by atoms with Crippen LogP contribution in [0, 0.1) is 5.41 Å². The van der Waals surface area contributed by atoms with Crippen molar-refractivity contribution >= 4 is 11.9 Å². The SMILES string of the molecule is COc1cc(OC)c(C(=O)NCC2(C(=O)O)CC2)cc1OC. The van der Waals surface area contributed by atoms with E-state index in [4.69, 9.17) is 19.3 Å². The van der Waals surface area contributed by atoms with Gasteiger partial charge in [-0.1, -0.05) is 0 Å². The van der Waals surface area contributed by atoms with E-state index in [9.17, 15) is 9.59 Å². The van der Waals surface area contributed by atoms with Crippen LogP contribution >= 0.6 is 0 Å². The third-order valence-corrected chi connectivity index (χ3v) is 3.84. The van der Waals surface area contributed by atoms with Gasteiger partial charge in [0.25, 0.3) is 5.91 Å². The quantitative estimate of drug-likeness (QED) is 0.788. The Labute approximate surface area is 128 Å². The fourth-order valence-corrected chi connectivity index (χ4v) is 2.17. The van der Waals surface area contributed by atoms with Gasteiger partial charge in [0.05, 0.1) is 32.3 Å². The van der Waals surface area contributed by atoms with Gasteiger partial charge in [0.2, 0.25) is 0 Å². The highest BCUT2D eigenvalue weighted by atomic mass is 16.5. The molecule has 0 saturated heterocycles. The van der Waals surface area contributed by atoms with Crippen molar-refractivity contribution in [2.24, 2.45) is 5.41 Å². The summed E-state index contributed by atoms with van der Waals surface area (Å²) in [5, 5.41) is 11.8. The zero-order chi connectivity index (χ0) is 16.3. The van der Waals surface area contributed by atoms with E-state index >= 15 is 0 Å². The number of carboxylic acids is 1. The highest BCUT2D eigenvalue weighted by molar-refractivity contribution is 5.98. The highest BCUT2D eigenvalue weighted by Gasteiger charge is 2.50. The average molecular weight is 309 g/mol. The van der Waals surface area contributed by atoms with Gasteiger partial charge < -0.3 is 24.6 Å². The van der Waals surface area contributed by atoms with Crippen LogP contribution in [0.1, 0.15) is 23.2 Å². The van der Waals surface area contributed by atoms with Crippen molar-refractivity contribution < 1.29 is 28.9 Å². The lowest BCUT2D eigenvalue weighted by Gasteiger charge is -2.15. The number of carbonyl (C=O) groups is 2. The predicted octanol–water partition coefficient (Wildman–Crippen LogP) is 1.31. The van der Waals surface area contributed by atoms with Crippen molar-refractivity contribution in [3.05, 3.63) is 17.7 Å². The average Bonchev–Trinajstić information content (AvgIpc) is 3.32. The van der Waals surface area contributed by atoms with Crippen LogP contribution in [0.15, 0.2) is 12.1 Å². The van der Waals surface area contributed by atoms with Crippen LogP contribution in [0.4, 0.5) is 0 Å². The molecule has 2 rings (SSSR count). The van der Waals surface area contributed by atoms with Crippen LogP contribution in [-0.2, 0) is 4.79 Å². The molecule has 0 bridgehead atoms. The lowest BCUT2D eigenvalue weighted by Crippen LogP contribution is -2.34. The third kappa shape index (κ3) is 2.93. The van der Waals surface area contributed by atoms with E-state index in [1.807, 2.05) is 0 Å². The van der Waals surface area contributed by atoms with Gasteiger partial charge in [-0.25, -0.2) is 0 Å². The molecule has 7 heteroatoms. The molecule has 1 amide bonds. The highest BCUT2D eigenvalue weighted by Crippen LogP contribution is 2.45. The van der Waals surface area contributed by atoms with Gasteiger partial charge >= 0.3 is 5.97 Å². The second kappa shape index (κ2) is 6.13. The smallest absolute Gasteiger partial charge is 0.311 e. The van der Waals surface area contributed by atoms with Crippen LogP contribution in [0.3, 0.4) is 0 Å². The maximum atomic E-state index is 12.3. The van der Waals surface area contributed by atoms with Gasteiger partial charge in [0, 0.05) is 18.7 Å². The molecule has 0 aliphatic heterocycles. The normalized spacial score (nSPS) is 14.9. The molecule has 0 atom stereocenters.